The van der Waals surface area contributed by atoms with E-state index in [-0.39, 0.29) is 5.91 Å². The van der Waals surface area contributed by atoms with Gasteiger partial charge in [0, 0.05) is 27.0 Å². The molecule has 1 aliphatic carbocycles. The fraction of sp³-hybridized carbons (Fsp3) is 0.263. The van der Waals surface area contributed by atoms with Gasteiger partial charge in [-0.15, -0.1) is 11.3 Å². The Morgan fingerprint density at radius 3 is 3.00 bits per heavy atom. The molecule has 4 nitrogen and oxygen atoms in total. The average molecular weight is 337 g/mol. The number of H-pyrrole nitrogens is 1. The SMILES string of the molecule is Cc1ccsc1/C=N/NC(=O)c1ccc2[nH]c3c(c2c1)CCCC3. The van der Waals surface area contributed by atoms with Crippen LogP contribution in [0.2, 0.25) is 0 Å². The summed E-state index contributed by atoms with van der Waals surface area (Å²) in [6.07, 6.45) is 6.37. The number of carbonyl (C=O) groups is 1. The van der Waals surface area contributed by atoms with E-state index in [1.807, 2.05) is 36.6 Å². The van der Waals surface area contributed by atoms with Gasteiger partial charge in [0.1, 0.15) is 0 Å². The second-order valence-electron chi connectivity index (χ2n) is 6.22. The number of hydrogen-bond donors (Lipinski definition) is 2. The van der Waals surface area contributed by atoms with Crippen molar-refractivity contribution in [2.45, 2.75) is 32.6 Å². The minimum absolute atomic E-state index is 0.173. The first kappa shape index (κ1) is 15.1. The Balaban J connectivity index is 1.56. The number of hydrogen-bond acceptors (Lipinski definition) is 3. The molecular formula is C19H19N3OS. The minimum atomic E-state index is -0.173. The predicted molar refractivity (Wildman–Crippen MR) is 99.1 cm³/mol. The minimum Gasteiger partial charge on any atom is -0.358 e. The summed E-state index contributed by atoms with van der Waals surface area (Å²) < 4.78 is 0. The molecule has 24 heavy (non-hydrogen) atoms. The lowest BCUT2D eigenvalue weighted by Crippen LogP contribution is -2.17. The summed E-state index contributed by atoms with van der Waals surface area (Å²) in [5.41, 5.74) is 8.27. The van der Waals surface area contributed by atoms with E-state index in [1.54, 1.807) is 17.6 Å². The molecule has 0 atom stereocenters. The van der Waals surface area contributed by atoms with Gasteiger partial charge in [-0.1, -0.05) is 0 Å². The summed E-state index contributed by atoms with van der Waals surface area (Å²) in [4.78, 5) is 16.9. The van der Waals surface area contributed by atoms with E-state index in [0.29, 0.717) is 5.56 Å². The number of fused-ring (bicyclic) bond motifs is 3. The van der Waals surface area contributed by atoms with Gasteiger partial charge in [0.15, 0.2) is 0 Å². The summed E-state index contributed by atoms with van der Waals surface area (Å²) in [5, 5.41) is 7.28. The van der Waals surface area contributed by atoms with Gasteiger partial charge in [-0.05, 0) is 73.4 Å². The van der Waals surface area contributed by atoms with Crippen LogP contribution in [0.5, 0.6) is 0 Å². The van der Waals surface area contributed by atoms with Gasteiger partial charge in [0.25, 0.3) is 5.91 Å². The van der Waals surface area contributed by atoms with E-state index in [1.165, 1.54) is 35.0 Å². The lowest BCUT2D eigenvalue weighted by atomic mass is 9.95. The molecule has 0 unspecified atom stereocenters. The van der Waals surface area contributed by atoms with Crippen molar-refractivity contribution in [2.24, 2.45) is 5.10 Å². The molecule has 2 aromatic heterocycles. The summed E-state index contributed by atoms with van der Waals surface area (Å²) >= 11 is 1.61. The first-order valence-corrected chi connectivity index (χ1v) is 9.11. The van der Waals surface area contributed by atoms with Crippen LogP contribution < -0.4 is 5.43 Å². The number of rotatable bonds is 3. The van der Waals surface area contributed by atoms with Crippen molar-refractivity contribution < 1.29 is 4.79 Å². The van der Waals surface area contributed by atoms with Crippen LogP contribution in [0.25, 0.3) is 10.9 Å². The van der Waals surface area contributed by atoms with Crippen molar-refractivity contribution in [1.29, 1.82) is 0 Å². The van der Waals surface area contributed by atoms with Crippen LogP contribution >= 0.6 is 11.3 Å². The first-order valence-electron chi connectivity index (χ1n) is 8.23. The predicted octanol–water partition coefficient (Wildman–Crippen LogP) is 4.18. The molecule has 1 amide bonds. The molecule has 0 fully saturated rings. The summed E-state index contributed by atoms with van der Waals surface area (Å²) in [6.45, 7) is 2.03. The van der Waals surface area contributed by atoms with Crippen molar-refractivity contribution in [3.63, 3.8) is 0 Å². The second-order valence-corrected chi connectivity index (χ2v) is 7.16. The molecule has 0 saturated carbocycles. The number of aromatic nitrogens is 1. The molecule has 0 radical (unpaired) electrons. The Hall–Kier alpha value is -2.40. The Kier molecular flexibility index (Phi) is 3.94. The largest absolute Gasteiger partial charge is 0.358 e. The van der Waals surface area contributed by atoms with E-state index in [4.69, 9.17) is 0 Å². The fourth-order valence-electron chi connectivity index (χ4n) is 3.28. The number of nitrogens with zero attached hydrogens (tertiary/aromatic N) is 1. The molecule has 3 aromatic rings. The monoisotopic (exact) mass is 337 g/mol. The molecule has 122 valence electrons. The number of amides is 1. The molecule has 4 rings (SSSR count). The third-order valence-electron chi connectivity index (χ3n) is 4.61. The molecular weight excluding hydrogens is 318 g/mol. The third-order valence-corrected chi connectivity index (χ3v) is 5.56. The lowest BCUT2D eigenvalue weighted by Gasteiger charge is -2.10. The number of aryl methyl sites for hydroxylation is 3. The van der Waals surface area contributed by atoms with Crippen LogP contribution in [-0.4, -0.2) is 17.1 Å². The normalized spacial score (nSPS) is 14.2. The first-order chi connectivity index (χ1) is 11.7. The van der Waals surface area contributed by atoms with E-state index < -0.39 is 0 Å². The molecule has 0 bridgehead atoms. The van der Waals surface area contributed by atoms with Crippen LogP contribution in [0.3, 0.4) is 0 Å². The van der Waals surface area contributed by atoms with Gasteiger partial charge < -0.3 is 4.98 Å². The number of aromatic amines is 1. The zero-order valence-corrected chi connectivity index (χ0v) is 14.4. The second kappa shape index (κ2) is 6.24. The fourth-order valence-corrected chi connectivity index (χ4v) is 4.06. The van der Waals surface area contributed by atoms with Gasteiger partial charge in [0.2, 0.25) is 0 Å². The summed E-state index contributed by atoms with van der Waals surface area (Å²) in [7, 11) is 0. The summed E-state index contributed by atoms with van der Waals surface area (Å²) in [6, 6.07) is 7.87. The Morgan fingerprint density at radius 2 is 2.17 bits per heavy atom. The van der Waals surface area contributed by atoms with E-state index >= 15 is 0 Å². The zero-order chi connectivity index (χ0) is 16.5. The van der Waals surface area contributed by atoms with Crippen LogP contribution in [0.1, 0.15) is 44.9 Å². The lowest BCUT2D eigenvalue weighted by molar-refractivity contribution is 0.0955. The molecule has 1 aromatic carbocycles. The standard InChI is InChI=1S/C19H19N3OS/c1-12-8-9-24-18(12)11-20-22-19(23)13-6-7-17-15(10-13)14-4-2-3-5-16(14)21-17/h6-11,21H,2-5H2,1H3,(H,22,23)/b20-11+. The van der Waals surface area contributed by atoms with E-state index in [0.717, 1.165) is 23.2 Å². The maximum Gasteiger partial charge on any atom is 0.271 e. The molecule has 0 aliphatic heterocycles. The highest BCUT2D eigenvalue weighted by molar-refractivity contribution is 7.11. The average Bonchev–Trinajstić information content (AvgIpc) is 3.17. The van der Waals surface area contributed by atoms with Crippen LogP contribution in [-0.2, 0) is 12.8 Å². The van der Waals surface area contributed by atoms with Crippen molar-refractivity contribution in [3.8, 4) is 0 Å². The van der Waals surface area contributed by atoms with Gasteiger partial charge in [-0.25, -0.2) is 5.43 Å². The van der Waals surface area contributed by atoms with E-state index in [2.05, 4.69) is 15.5 Å². The van der Waals surface area contributed by atoms with Crippen molar-refractivity contribution in [2.75, 3.05) is 0 Å². The number of carbonyl (C=O) groups excluding carboxylic acids is 1. The maximum absolute atomic E-state index is 12.4. The zero-order valence-electron chi connectivity index (χ0n) is 13.6. The third kappa shape index (κ3) is 2.76. The molecule has 0 spiro atoms. The number of benzene rings is 1. The molecule has 2 heterocycles. The molecule has 1 aliphatic rings. The summed E-state index contributed by atoms with van der Waals surface area (Å²) in [5.74, 6) is -0.173. The number of hydrazone groups is 1. The highest BCUT2D eigenvalue weighted by Gasteiger charge is 2.16. The molecule has 0 saturated heterocycles. The van der Waals surface area contributed by atoms with Gasteiger partial charge in [-0.3, -0.25) is 4.79 Å². The van der Waals surface area contributed by atoms with Crippen molar-refractivity contribution in [1.82, 2.24) is 10.4 Å². The quantitative estimate of drug-likeness (QED) is 0.547. The number of nitrogens with one attached hydrogen (secondary N) is 2. The smallest absolute Gasteiger partial charge is 0.271 e. The molecule has 5 heteroatoms. The Morgan fingerprint density at radius 1 is 1.29 bits per heavy atom. The maximum atomic E-state index is 12.4. The van der Waals surface area contributed by atoms with Crippen LogP contribution in [0.15, 0.2) is 34.7 Å². The van der Waals surface area contributed by atoms with Gasteiger partial charge >= 0.3 is 0 Å². The Labute approximate surface area is 144 Å². The van der Waals surface area contributed by atoms with Gasteiger partial charge in [0.05, 0.1) is 6.21 Å². The van der Waals surface area contributed by atoms with Crippen LogP contribution in [0.4, 0.5) is 0 Å². The molecule has 2 N–H and O–H groups in total. The van der Waals surface area contributed by atoms with Crippen LogP contribution in [0, 0.1) is 6.92 Å². The van der Waals surface area contributed by atoms with Crippen molar-refractivity contribution in [3.05, 3.63) is 56.9 Å². The van der Waals surface area contributed by atoms with Gasteiger partial charge in [-0.2, -0.15) is 5.10 Å². The number of thiophene rings is 1. The highest BCUT2D eigenvalue weighted by Crippen LogP contribution is 2.29. The highest BCUT2D eigenvalue weighted by atomic mass is 32.1. The Bertz CT molecular complexity index is 935. The van der Waals surface area contributed by atoms with E-state index in [9.17, 15) is 4.79 Å². The van der Waals surface area contributed by atoms with Crippen molar-refractivity contribution >= 4 is 34.4 Å². The topological polar surface area (TPSA) is 57.2 Å².